The summed E-state index contributed by atoms with van der Waals surface area (Å²) in [5, 5.41) is 18.5. The summed E-state index contributed by atoms with van der Waals surface area (Å²) in [5.41, 5.74) is 3.00. The van der Waals surface area contributed by atoms with Crippen molar-refractivity contribution in [2.45, 2.75) is 62.1 Å². The third kappa shape index (κ3) is 12.7. The quantitative estimate of drug-likeness (QED) is 0.108. The molecule has 61 heavy (non-hydrogen) atoms. The van der Waals surface area contributed by atoms with Crippen LogP contribution < -0.4 is 18.9 Å². The van der Waals surface area contributed by atoms with Crippen molar-refractivity contribution in [2.24, 2.45) is 14.1 Å². The van der Waals surface area contributed by atoms with Crippen molar-refractivity contribution in [3.8, 4) is 23.0 Å². The first-order valence-corrected chi connectivity index (χ1v) is 22.1. The van der Waals surface area contributed by atoms with E-state index in [0.29, 0.717) is 17.2 Å². The van der Waals surface area contributed by atoms with Gasteiger partial charge < -0.3 is 24.1 Å². The second kappa shape index (κ2) is 20.2. The molecule has 0 spiro atoms. The Labute approximate surface area is 358 Å². The fraction of sp³-hybridized carbons (Fsp3) is 0.318. The summed E-state index contributed by atoms with van der Waals surface area (Å²) in [7, 11) is 2.03. The highest BCUT2D eigenvalue weighted by molar-refractivity contribution is 7.89. The van der Waals surface area contributed by atoms with Gasteiger partial charge in [-0.1, -0.05) is 48.5 Å². The van der Waals surface area contributed by atoms with Crippen LogP contribution in [0.15, 0.2) is 125 Å². The largest absolute Gasteiger partial charge is 0.497 e. The lowest BCUT2D eigenvalue weighted by Gasteiger charge is -2.21. The molecular formula is C44H54N6O9S2. The number of sulfonamides is 2. The van der Waals surface area contributed by atoms with Gasteiger partial charge in [0.05, 0.1) is 34.0 Å². The molecule has 4 aromatic carbocycles. The predicted molar refractivity (Wildman–Crippen MR) is 231 cm³/mol. The lowest BCUT2D eigenvalue weighted by atomic mass is 10.0. The van der Waals surface area contributed by atoms with Crippen LogP contribution >= 0.6 is 0 Å². The van der Waals surface area contributed by atoms with Gasteiger partial charge in [-0.15, -0.1) is 0 Å². The molecule has 2 aromatic heterocycles. The van der Waals surface area contributed by atoms with Crippen molar-refractivity contribution < 1.29 is 40.9 Å². The number of rotatable bonds is 18. The number of aliphatic hydroxyl groups is 1. The Kier molecular flexibility index (Phi) is 15.4. The maximum atomic E-state index is 13.7. The lowest BCUT2D eigenvalue weighted by Crippen LogP contribution is -2.30. The van der Waals surface area contributed by atoms with Crippen LogP contribution in [-0.4, -0.2) is 84.2 Å². The van der Waals surface area contributed by atoms with Gasteiger partial charge in [0.15, 0.2) is 10.1 Å². The van der Waals surface area contributed by atoms with E-state index >= 15 is 0 Å². The van der Waals surface area contributed by atoms with Gasteiger partial charge in [-0.2, -0.15) is 18.8 Å². The minimum atomic E-state index is -3.93. The minimum Gasteiger partial charge on any atom is -0.497 e. The molecule has 0 aliphatic heterocycles. The molecule has 0 aliphatic rings. The predicted octanol–water partition coefficient (Wildman–Crippen LogP) is 5.97. The van der Waals surface area contributed by atoms with E-state index < -0.39 is 25.6 Å². The van der Waals surface area contributed by atoms with Gasteiger partial charge in [0, 0.05) is 58.6 Å². The van der Waals surface area contributed by atoms with Crippen molar-refractivity contribution in [3.05, 3.63) is 143 Å². The van der Waals surface area contributed by atoms with Crippen molar-refractivity contribution in [2.75, 3.05) is 28.4 Å². The molecule has 6 rings (SSSR count). The van der Waals surface area contributed by atoms with Crippen molar-refractivity contribution in [1.82, 2.24) is 28.2 Å². The zero-order valence-electron chi connectivity index (χ0n) is 35.7. The average molecular weight is 875 g/mol. The molecule has 2 heterocycles. The van der Waals surface area contributed by atoms with Gasteiger partial charge in [0.2, 0.25) is 0 Å². The smallest absolute Gasteiger partial charge is 0.262 e. The number of benzene rings is 4. The van der Waals surface area contributed by atoms with E-state index in [0.717, 1.165) is 33.8 Å². The molecular weight excluding hydrogens is 821 g/mol. The number of aryl methyl sites for hydroxylation is 2. The van der Waals surface area contributed by atoms with E-state index in [-0.39, 0.29) is 42.7 Å². The van der Waals surface area contributed by atoms with Gasteiger partial charge in [-0.25, -0.2) is 16.8 Å². The van der Waals surface area contributed by atoms with Crippen molar-refractivity contribution in [3.63, 3.8) is 0 Å². The van der Waals surface area contributed by atoms with Crippen LogP contribution in [0.1, 0.15) is 41.8 Å². The fourth-order valence-electron chi connectivity index (χ4n) is 6.20. The molecule has 0 radical (unpaired) electrons. The van der Waals surface area contributed by atoms with Gasteiger partial charge in [-0.3, -0.25) is 9.36 Å². The summed E-state index contributed by atoms with van der Waals surface area (Å²) in [4.78, 5) is 0. The molecule has 0 amide bonds. The summed E-state index contributed by atoms with van der Waals surface area (Å²) in [6.07, 6.45) is 1.90. The second-order valence-corrected chi connectivity index (χ2v) is 18.6. The van der Waals surface area contributed by atoms with E-state index in [1.54, 1.807) is 86.8 Å². The van der Waals surface area contributed by atoms with Crippen LogP contribution in [0.3, 0.4) is 0 Å². The number of methoxy groups -OCH3 is 4. The third-order valence-corrected chi connectivity index (χ3v) is 12.9. The van der Waals surface area contributed by atoms with Crippen LogP contribution in [0.25, 0.3) is 0 Å². The number of nitrogens with zero attached hydrogens (tertiary/aromatic N) is 6. The molecule has 0 bridgehead atoms. The van der Waals surface area contributed by atoms with E-state index in [2.05, 4.69) is 10.2 Å². The van der Waals surface area contributed by atoms with E-state index in [9.17, 15) is 21.9 Å². The first-order chi connectivity index (χ1) is 28.9. The number of aromatic nitrogens is 4. The Morgan fingerprint density at radius 2 is 0.869 bits per heavy atom. The molecule has 0 saturated heterocycles. The highest BCUT2D eigenvalue weighted by Gasteiger charge is 2.30. The first kappa shape index (κ1) is 46.3. The topological polar surface area (TPSA) is 168 Å². The van der Waals surface area contributed by atoms with Crippen LogP contribution in [0.5, 0.6) is 23.0 Å². The van der Waals surface area contributed by atoms with Gasteiger partial charge in [0.1, 0.15) is 23.0 Å². The Balaban J connectivity index is 0.000000234. The number of ether oxygens (including phenoxy) is 4. The Morgan fingerprint density at radius 3 is 1.15 bits per heavy atom. The lowest BCUT2D eigenvalue weighted by molar-refractivity contribution is 0.0789. The molecule has 0 saturated carbocycles. The fourth-order valence-corrected chi connectivity index (χ4v) is 8.98. The molecule has 0 fully saturated rings. The van der Waals surface area contributed by atoms with E-state index in [1.165, 1.54) is 30.1 Å². The highest BCUT2D eigenvalue weighted by atomic mass is 32.2. The highest BCUT2D eigenvalue weighted by Crippen LogP contribution is 2.26. The monoisotopic (exact) mass is 874 g/mol. The van der Waals surface area contributed by atoms with Crippen molar-refractivity contribution >= 4 is 20.0 Å². The Morgan fingerprint density at radius 1 is 0.541 bits per heavy atom. The van der Waals surface area contributed by atoms with Gasteiger partial charge >= 0.3 is 0 Å². The summed E-state index contributed by atoms with van der Waals surface area (Å²) in [5.74, 6) is 2.84. The molecule has 0 unspecified atom stereocenters. The van der Waals surface area contributed by atoms with Crippen LogP contribution in [0.2, 0.25) is 0 Å². The SMILES string of the molecule is COc1ccc(CN(Cc2ccc(OC)cc2)S(=O)(=O)c2cc(CC(C)(C)O)n(C)n2)cc1.COc1ccc(CN(Cc2ccc(OC)cc2)S(=O)(=O)c2ccn(C)n2)cc1. The maximum absolute atomic E-state index is 13.7. The number of hydrogen-bond donors (Lipinski definition) is 1. The first-order valence-electron chi connectivity index (χ1n) is 19.2. The Bertz CT molecular complexity index is 2440. The van der Waals surface area contributed by atoms with Crippen molar-refractivity contribution in [1.29, 1.82) is 0 Å². The normalized spacial score (nSPS) is 11.9. The molecule has 326 valence electrons. The zero-order valence-corrected chi connectivity index (χ0v) is 37.4. The molecule has 0 atom stereocenters. The van der Waals surface area contributed by atoms with E-state index in [1.807, 2.05) is 72.8 Å². The van der Waals surface area contributed by atoms with Gasteiger partial charge in [0.25, 0.3) is 20.0 Å². The van der Waals surface area contributed by atoms with Gasteiger partial charge in [-0.05, 0) is 96.8 Å². The summed E-state index contributed by atoms with van der Waals surface area (Å²) in [6, 6.07) is 32.3. The van der Waals surface area contributed by atoms with E-state index in [4.69, 9.17) is 18.9 Å². The minimum absolute atomic E-state index is 0.0250. The molecule has 6 aromatic rings. The zero-order chi connectivity index (χ0) is 44.4. The maximum Gasteiger partial charge on any atom is 0.262 e. The number of hydrogen-bond acceptors (Lipinski definition) is 11. The summed E-state index contributed by atoms with van der Waals surface area (Å²) >= 11 is 0. The molecule has 15 nitrogen and oxygen atoms in total. The third-order valence-electron chi connectivity index (χ3n) is 9.54. The molecule has 17 heteroatoms. The van der Waals surface area contributed by atoms with Crippen LogP contribution in [-0.2, 0) is 66.7 Å². The summed E-state index contributed by atoms with van der Waals surface area (Å²) < 4.78 is 80.3. The summed E-state index contributed by atoms with van der Waals surface area (Å²) in [6.45, 7) is 4.11. The molecule has 0 aliphatic carbocycles. The Hall–Kier alpha value is -5.72. The average Bonchev–Trinajstić information content (AvgIpc) is 3.86. The van der Waals surface area contributed by atoms with Crippen LogP contribution in [0.4, 0.5) is 0 Å². The standard InChI is InChI=1S/C24H31N3O5S.C20H23N3O4S/c1-24(2,28)15-20-14-23(25-26(20)3)33(29,30)27(16-18-6-10-21(31-4)11-7-18)17-19-8-12-22(32-5)13-9-19;1-22-13-12-20(21-22)28(24,25)23(14-16-4-8-18(26-2)9-5-16)15-17-6-10-19(27-3)11-7-17/h6-14,28H,15-17H2,1-5H3;4-13H,14-15H2,1-3H3. The second-order valence-electron chi connectivity index (χ2n) is 14.9. The molecule has 1 N–H and O–H groups in total. The van der Waals surface area contributed by atoms with Crippen LogP contribution in [0, 0.1) is 0 Å².